The highest BCUT2D eigenvalue weighted by atomic mass is 32.2. The minimum Gasteiger partial charge on any atom is -0.309 e. The molecule has 0 spiro atoms. The van der Waals surface area contributed by atoms with Gasteiger partial charge in [-0.05, 0) is 50.1 Å². The maximum absolute atomic E-state index is 3.63. The monoisotopic (exact) mass is 299 g/mol. The van der Waals surface area contributed by atoms with Gasteiger partial charge in [0.25, 0.3) is 0 Å². The van der Waals surface area contributed by atoms with Crippen LogP contribution in [0.15, 0.2) is 47.4 Å². The van der Waals surface area contributed by atoms with Crippen LogP contribution in [0.2, 0.25) is 0 Å². The molecule has 0 saturated heterocycles. The van der Waals surface area contributed by atoms with Gasteiger partial charge in [-0.3, -0.25) is 0 Å². The molecule has 2 rings (SSSR count). The predicted molar refractivity (Wildman–Crippen MR) is 94.2 cm³/mol. The van der Waals surface area contributed by atoms with Crippen LogP contribution in [-0.2, 0) is 0 Å². The van der Waals surface area contributed by atoms with E-state index in [4.69, 9.17) is 0 Å². The van der Waals surface area contributed by atoms with Gasteiger partial charge in [0.1, 0.15) is 0 Å². The lowest BCUT2D eigenvalue weighted by Gasteiger charge is -2.21. The van der Waals surface area contributed by atoms with Crippen molar-refractivity contribution in [3.05, 3.63) is 64.7 Å². The SMILES string of the molecule is CCNC(CSc1ccccc1C)c1ccc(C)cc1C. The summed E-state index contributed by atoms with van der Waals surface area (Å²) < 4.78 is 0. The first-order chi connectivity index (χ1) is 10.1. The summed E-state index contributed by atoms with van der Waals surface area (Å²) in [5, 5.41) is 3.63. The Balaban J connectivity index is 2.14. The van der Waals surface area contributed by atoms with E-state index in [9.17, 15) is 0 Å². The van der Waals surface area contributed by atoms with Crippen LogP contribution in [0.5, 0.6) is 0 Å². The van der Waals surface area contributed by atoms with E-state index in [1.165, 1.54) is 27.1 Å². The van der Waals surface area contributed by atoms with Crippen LogP contribution in [0.4, 0.5) is 0 Å². The summed E-state index contributed by atoms with van der Waals surface area (Å²) >= 11 is 1.94. The Morgan fingerprint density at radius 2 is 1.76 bits per heavy atom. The van der Waals surface area contributed by atoms with E-state index < -0.39 is 0 Å². The second-order valence-electron chi connectivity index (χ2n) is 5.55. The van der Waals surface area contributed by atoms with Crippen LogP contribution in [0.25, 0.3) is 0 Å². The van der Waals surface area contributed by atoms with Crippen LogP contribution in [0.3, 0.4) is 0 Å². The van der Waals surface area contributed by atoms with Crippen molar-refractivity contribution in [2.24, 2.45) is 0 Å². The minimum atomic E-state index is 0.403. The second kappa shape index (κ2) is 7.67. The summed E-state index contributed by atoms with van der Waals surface area (Å²) in [7, 11) is 0. The Bertz CT molecular complexity index is 592. The number of hydrogen-bond donors (Lipinski definition) is 1. The molecule has 2 aromatic carbocycles. The average molecular weight is 299 g/mol. The molecule has 0 fully saturated rings. The average Bonchev–Trinajstić information content (AvgIpc) is 2.45. The topological polar surface area (TPSA) is 12.0 Å². The van der Waals surface area contributed by atoms with Crippen LogP contribution >= 0.6 is 11.8 Å². The van der Waals surface area contributed by atoms with E-state index in [0.717, 1.165) is 12.3 Å². The molecule has 0 heterocycles. The van der Waals surface area contributed by atoms with E-state index >= 15 is 0 Å². The normalized spacial score (nSPS) is 12.4. The molecule has 112 valence electrons. The fourth-order valence-electron chi connectivity index (χ4n) is 2.61. The lowest BCUT2D eigenvalue weighted by molar-refractivity contribution is 0.603. The molecule has 1 atom stereocenters. The molecule has 21 heavy (non-hydrogen) atoms. The fourth-order valence-corrected chi connectivity index (χ4v) is 3.73. The van der Waals surface area contributed by atoms with E-state index in [1.807, 2.05) is 11.8 Å². The molecule has 2 heteroatoms. The molecule has 0 radical (unpaired) electrons. The van der Waals surface area contributed by atoms with E-state index in [-0.39, 0.29) is 0 Å². The second-order valence-corrected chi connectivity index (χ2v) is 6.61. The standard InChI is InChI=1S/C19H25NS/c1-5-20-18(17-11-10-14(2)12-16(17)4)13-21-19-9-7-6-8-15(19)3/h6-12,18,20H,5,13H2,1-4H3. The highest BCUT2D eigenvalue weighted by molar-refractivity contribution is 7.99. The largest absolute Gasteiger partial charge is 0.309 e. The summed E-state index contributed by atoms with van der Waals surface area (Å²) in [4.78, 5) is 1.38. The van der Waals surface area contributed by atoms with Crippen LogP contribution < -0.4 is 5.32 Å². The van der Waals surface area contributed by atoms with Gasteiger partial charge in [-0.25, -0.2) is 0 Å². The van der Waals surface area contributed by atoms with Gasteiger partial charge < -0.3 is 5.32 Å². The molecule has 2 aromatic rings. The number of thioether (sulfide) groups is 1. The van der Waals surface area contributed by atoms with Gasteiger partial charge in [-0.15, -0.1) is 11.8 Å². The lowest BCUT2D eigenvalue weighted by atomic mass is 10.0. The summed E-state index contributed by atoms with van der Waals surface area (Å²) in [6, 6.07) is 15.8. The fraction of sp³-hybridized carbons (Fsp3) is 0.368. The molecule has 0 aromatic heterocycles. The van der Waals surface area contributed by atoms with Gasteiger partial charge in [0.05, 0.1) is 0 Å². The molecule has 0 saturated carbocycles. The summed E-state index contributed by atoms with van der Waals surface area (Å²) in [5.74, 6) is 1.06. The first-order valence-electron chi connectivity index (χ1n) is 7.60. The zero-order valence-electron chi connectivity index (χ0n) is 13.4. The minimum absolute atomic E-state index is 0.403. The van der Waals surface area contributed by atoms with Gasteiger partial charge in [0.15, 0.2) is 0 Å². The van der Waals surface area contributed by atoms with Gasteiger partial charge in [0.2, 0.25) is 0 Å². The van der Waals surface area contributed by atoms with Crippen molar-refractivity contribution in [3.63, 3.8) is 0 Å². The Hall–Kier alpha value is -1.25. The quantitative estimate of drug-likeness (QED) is 0.749. The van der Waals surface area contributed by atoms with Crippen molar-refractivity contribution in [2.75, 3.05) is 12.3 Å². The molecule has 1 N–H and O–H groups in total. The Morgan fingerprint density at radius 3 is 2.43 bits per heavy atom. The maximum Gasteiger partial charge on any atom is 0.0417 e. The van der Waals surface area contributed by atoms with Crippen molar-refractivity contribution in [2.45, 2.75) is 38.6 Å². The first-order valence-corrected chi connectivity index (χ1v) is 8.59. The molecular formula is C19H25NS. The molecule has 1 unspecified atom stereocenters. The van der Waals surface area contributed by atoms with Crippen LogP contribution in [0.1, 0.15) is 35.2 Å². The Kier molecular flexibility index (Phi) is 5.89. The van der Waals surface area contributed by atoms with E-state index in [1.54, 1.807) is 0 Å². The molecule has 0 aliphatic carbocycles. The summed E-state index contributed by atoms with van der Waals surface area (Å²) in [6.07, 6.45) is 0. The molecule has 1 nitrogen and oxygen atoms in total. The van der Waals surface area contributed by atoms with Crippen molar-refractivity contribution >= 4 is 11.8 Å². The van der Waals surface area contributed by atoms with Crippen molar-refractivity contribution < 1.29 is 0 Å². The van der Waals surface area contributed by atoms with Gasteiger partial charge in [-0.2, -0.15) is 0 Å². The third kappa shape index (κ3) is 4.36. The number of aryl methyl sites for hydroxylation is 3. The van der Waals surface area contributed by atoms with Gasteiger partial charge in [0, 0.05) is 16.7 Å². The van der Waals surface area contributed by atoms with Crippen LogP contribution in [-0.4, -0.2) is 12.3 Å². The van der Waals surface area contributed by atoms with Gasteiger partial charge >= 0.3 is 0 Å². The summed E-state index contributed by atoms with van der Waals surface area (Å²) in [6.45, 7) is 9.72. The third-order valence-electron chi connectivity index (χ3n) is 3.75. The zero-order chi connectivity index (χ0) is 15.2. The maximum atomic E-state index is 3.63. The van der Waals surface area contributed by atoms with Crippen molar-refractivity contribution in [3.8, 4) is 0 Å². The van der Waals surface area contributed by atoms with E-state index in [0.29, 0.717) is 6.04 Å². The molecular weight excluding hydrogens is 274 g/mol. The third-order valence-corrected chi connectivity index (χ3v) is 5.02. The lowest BCUT2D eigenvalue weighted by Crippen LogP contribution is -2.23. The number of nitrogens with one attached hydrogen (secondary N) is 1. The van der Waals surface area contributed by atoms with Crippen LogP contribution in [0, 0.1) is 20.8 Å². The number of rotatable bonds is 6. The molecule has 0 bridgehead atoms. The van der Waals surface area contributed by atoms with Gasteiger partial charge in [-0.1, -0.05) is 48.9 Å². The van der Waals surface area contributed by atoms with Crippen molar-refractivity contribution in [1.29, 1.82) is 0 Å². The predicted octanol–water partition coefficient (Wildman–Crippen LogP) is 5.05. The number of hydrogen-bond acceptors (Lipinski definition) is 2. The Labute approximate surface area is 133 Å². The molecule has 0 aliphatic rings. The smallest absolute Gasteiger partial charge is 0.0417 e. The van der Waals surface area contributed by atoms with E-state index in [2.05, 4.69) is 75.5 Å². The first kappa shape index (κ1) is 16.1. The highest BCUT2D eigenvalue weighted by Gasteiger charge is 2.13. The highest BCUT2D eigenvalue weighted by Crippen LogP contribution is 2.28. The summed E-state index contributed by atoms with van der Waals surface area (Å²) in [5.41, 5.74) is 5.49. The molecule has 0 aliphatic heterocycles. The number of benzene rings is 2. The zero-order valence-corrected chi connectivity index (χ0v) is 14.3. The Morgan fingerprint density at radius 1 is 1.00 bits per heavy atom. The van der Waals surface area contributed by atoms with Crippen molar-refractivity contribution in [1.82, 2.24) is 5.32 Å². The molecule has 0 amide bonds.